The average molecular weight is 396 g/mol. The van der Waals surface area contributed by atoms with Crippen LogP contribution in [-0.2, 0) is 12.8 Å². The standard InChI is InChI=1S/C25H33NO3/c1-18-8-6-10-21-14-19(15-22(18)21)9-7-12-26(2)13-11-20-16-23(27-3)25(29-5)24(17-20)28-4/h6,8,10,14,16-17H,7,9,11-13,15H2,1-5H3. The topological polar surface area (TPSA) is 30.9 Å². The summed E-state index contributed by atoms with van der Waals surface area (Å²) in [6, 6.07) is 10.7. The number of methoxy groups -OCH3 is 3. The molecule has 0 atom stereocenters. The van der Waals surface area contributed by atoms with Gasteiger partial charge in [-0.05, 0) is 80.6 Å². The molecule has 4 heteroatoms. The fourth-order valence-corrected chi connectivity index (χ4v) is 4.05. The Labute approximate surface area is 175 Å². The predicted molar refractivity (Wildman–Crippen MR) is 119 cm³/mol. The molecule has 0 aliphatic heterocycles. The third-order valence-corrected chi connectivity index (χ3v) is 5.75. The normalized spacial score (nSPS) is 12.7. The van der Waals surface area contributed by atoms with Gasteiger partial charge in [0.2, 0.25) is 5.75 Å². The Morgan fingerprint density at radius 3 is 2.28 bits per heavy atom. The minimum Gasteiger partial charge on any atom is -0.493 e. The van der Waals surface area contributed by atoms with Gasteiger partial charge in [-0.25, -0.2) is 0 Å². The summed E-state index contributed by atoms with van der Waals surface area (Å²) in [6.07, 6.45) is 6.81. The molecule has 0 unspecified atom stereocenters. The fraction of sp³-hybridized carbons (Fsp3) is 0.440. The Morgan fingerprint density at radius 2 is 1.66 bits per heavy atom. The minimum atomic E-state index is 0.646. The molecule has 0 heterocycles. The van der Waals surface area contributed by atoms with Crippen LogP contribution in [-0.4, -0.2) is 46.4 Å². The number of hydrogen-bond acceptors (Lipinski definition) is 4. The van der Waals surface area contributed by atoms with Gasteiger partial charge < -0.3 is 19.1 Å². The lowest BCUT2D eigenvalue weighted by Crippen LogP contribution is -2.22. The monoisotopic (exact) mass is 395 g/mol. The van der Waals surface area contributed by atoms with E-state index in [-0.39, 0.29) is 0 Å². The van der Waals surface area contributed by atoms with Crippen molar-refractivity contribution >= 4 is 6.08 Å². The molecule has 156 valence electrons. The van der Waals surface area contributed by atoms with E-state index in [4.69, 9.17) is 14.2 Å². The first kappa shape index (κ1) is 21.3. The molecule has 2 aromatic rings. The number of hydrogen-bond donors (Lipinski definition) is 0. The summed E-state index contributed by atoms with van der Waals surface area (Å²) in [4.78, 5) is 2.40. The molecule has 0 saturated carbocycles. The Balaban J connectivity index is 1.47. The van der Waals surface area contributed by atoms with Gasteiger partial charge in [0.1, 0.15) is 0 Å². The van der Waals surface area contributed by atoms with Gasteiger partial charge >= 0.3 is 0 Å². The molecule has 0 amide bonds. The maximum absolute atomic E-state index is 5.46. The van der Waals surface area contributed by atoms with E-state index in [0.717, 1.165) is 25.9 Å². The number of benzene rings is 2. The number of allylic oxidation sites excluding steroid dienone is 1. The van der Waals surface area contributed by atoms with Crippen LogP contribution in [0.5, 0.6) is 17.2 Å². The summed E-state index contributed by atoms with van der Waals surface area (Å²) in [6.45, 7) is 4.31. The average Bonchev–Trinajstić information content (AvgIpc) is 3.15. The lowest BCUT2D eigenvalue weighted by molar-refractivity contribution is 0.320. The zero-order chi connectivity index (χ0) is 20.8. The first-order valence-electron chi connectivity index (χ1n) is 10.3. The van der Waals surface area contributed by atoms with Crippen molar-refractivity contribution in [2.75, 3.05) is 41.5 Å². The van der Waals surface area contributed by atoms with Crippen molar-refractivity contribution in [1.82, 2.24) is 4.90 Å². The molecule has 0 fully saturated rings. The molecule has 0 N–H and O–H groups in total. The van der Waals surface area contributed by atoms with Gasteiger partial charge in [-0.3, -0.25) is 0 Å². The molecular weight excluding hydrogens is 362 g/mol. The zero-order valence-electron chi connectivity index (χ0n) is 18.4. The van der Waals surface area contributed by atoms with Gasteiger partial charge in [0.25, 0.3) is 0 Å². The molecular formula is C25H33NO3. The second kappa shape index (κ2) is 9.84. The Kier molecular flexibility index (Phi) is 7.21. The second-order valence-corrected chi connectivity index (χ2v) is 7.81. The van der Waals surface area contributed by atoms with Crippen molar-refractivity contribution in [3.05, 3.63) is 58.2 Å². The van der Waals surface area contributed by atoms with E-state index in [1.165, 1.54) is 35.1 Å². The van der Waals surface area contributed by atoms with E-state index in [2.05, 4.69) is 43.1 Å². The molecule has 1 aliphatic carbocycles. The van der Waals surface area contributed by atoms with E-state index in [1.807, 2.05) is 12.1 Å². The second-order valence-electron chi connectivity index (χ2n) is 7.81. The number of nitrogens with zero attached hydrogens (tertiary/aromatic N) is 1. The van der Waals surface area contributed by atoms with E-state index in [9.17, 15) is 0 Å². The highest BCUT2D eigenvalue weighted by molar-refractivity contribution is 5.65. The minimum absolute atomic E-state index is 0.646. The van der Waals surface area contributed by atoms with Crippen LogP contribution in [0.15, 0.2) is 35.9 Å². The van der Waals surface area contributed by atoms with Crippen LogP contribution in [0, 0.1) is 6.92 Å². The van der Waals surface area contributed by atoms with E-state index in [0.29, 0.717) is 17.2 Å². The van der Waals surface area contributed by atoms with Crippen molar-refractivity contribution in [1.29, 1.82) is 0 Å². The number of fused-ring (bicyclic) bond motifs is 1. The molecule has 0 saturated heterocycles. The molecule has 1 aliphatic rings. The molecule has 0 spiro atoms. The van der Waals surface area contributed by atoms with Gasteiger partial charge in [-0.1, -0.05) is 29.8 Å². The predicted octanol–water partition coefficient (Wildman–Crippen LogP) is 4.92. The first-order chi connectivity index (χ1) is 14.0. The highest BCUT2D eigenvalue weighted by Gasteiger charge is 2.15. The lowest BCUT2D eigenvalue weighted by Gasteiger charge is -2.18. The highest BCUT2D eigenvalue weighted by atomic mass is 16.5. The highest BCUT2D eigenvalue weighted by Crippen LogP contribution is 2.38. The van der Waals surface area contributed by atoms with Crippen molar-refractivity contribution in [3.8, 4) is 17.2 Å². The van der Waals surface area contributed by atoms with Gasteiger partial charge in [0.05, 0.1) is 21.3 Å². The SMILES string of the molecule is COc1cc(CCN(C)CCCC2=Cc3cccc(C)c3C2)cc(OC)c1OC. The van der Waals surface area contributed by atoms with Gasteiger partial charge in [0.15, 0.2) is 11.5 Å². The van der Waals surface area contributed by atoms with Crippen LogP contribution in [0.4, 0.5) is 0 Å². The first-order valence-corrected chi connectivity index (χ1v) is 10.3. The number of likely N-dealkylation sites (N-methyl/N-ethyl adjacent to an activating group) is 1. The fourth-order valence-electron chi connectivity index (χ4n) is 4.05. The van der Waals surface area contributed by atoms with Crippen molar-refractivity contribution in [2.24, 2.45) is 0 Å². The molecule has 4 nitrogen and oxygen atoms in total. The summed E-state index contributed by atoms with van der Waals surface area (Å²) in [7, 11) is 7.14. The maximum atomic E-state index is 5.46. The molecule has 3 rings (SSSR count). The molecule has 29 heavy (non-hydrogen) atoms. The van der Waals surface area contributed by atoms with Crippen molar-refractivity contribution in [3.63, 3.8) is 0 Å². The van der Waals surface area contributed by atoms with Crippen molar-refractivity contribution < 1.29 is 14.2 Å². The Hall–Kier alpha value is -2.46. The third kappa shape index (κ3) is 5.13. The number of ether oxygens (including phenoxy) is 3. The van der Waals surface area contributed by atoms with Crippen LogP contribution in [0.1, 0.15) is 35.1 Å². The van der Waals surface area contributed by atoms with Crippen LogP contribution in [0.25, 0.3) is 6.08 Å². The third-order valence-electron chi connectivity index (χ3n) is 5.75. The maximum Gasteiger partial charge on any atom is 0.203 e. The number of aryl methyl sites for hydroxylation is 1. The van der Waals surface area contributed by atoms with E-state index in [1.54, 1.807) is 26.9 Å². The molecule has 0 aromatic heterocycles. The summed E-state index contributed by atoms with van der Waals surface area (Å²) in [5.74, 6) is 2.08. The quantitative estimate of drug-likeness (QED) is 0.572. The summed E-state index contributed by atoms with van der Waals surface area (Å²) >= 11 is 0. The van der Waals surface area contributed by atoms with E-state index < -0.39 is 0 Å². The lowest BCUT2D eigenvalue weighted by atomic mass is 10.0. The number of rotatable bonds is 10. The van der Waals surface area contributed by atoms with Gasteiger partial charge in [-0.2, -0.15) is 0 Å². The van der Waals surface area contributed by atoms with Crippen molar-refractivity contribution in [2.45, 2.75) is 32.6 Å². The van der Waals surface area contributed by atoms with Crippen LogP contribution in [0.2, 0.25) is 0 Å². The van der Waals surface area contributed by atoms with Crippen LogP contribution in [0.3, 0.4) is 0 Å². The van der Waals surface area contributed by atoms with Crippen LogP contribution >= 0.6 is 0 Å². The largest absolute Gasteiger partial charge is 0.493 e. The molecule has 0 radical (unpaired) electrons. The van der Waals surface area contributed by atoms with Gasteiger partial charge in [0, 0.05) is 6.54 Å². The molecule has 2 aromatic carbocycles. The molecule has 0 bridgehead atoms. The summed E-state index contributed by atoms with van der Waals surface area (Å²) in [5.41, 5.74) is 7.09. The Morgan fingerprint density at radius 1 is 0.931 bits per heavy atom. The zero-order valence-corrected chi connectivity index (χ0v) is 18.4. The van der Waals surface area contributed by atoms with Crippen LogP contribution < -0.4 is 14.2 Å². The summed E-state index contributed by atoms with van der Waals surface area (Å²) in [5, 5.41) is 0. The summed E-state index contributed by atoms with van der Waals surface area (Å²) < 4.78 is 16.3. The van der Waals surface area contributed by atoms with E-state index >= 15 is 0 Å². The smallest absolute Gasteiger partial charge is 0.203 e. The van der Waals surface area contributed by atoms with Gasteiger partial charge in [-0.15, -0.1) is 0 Å². The Bertz CT molecular complexity index is 847.